The lowest BCUT2D eigenvalue weighted by Gasteiger charge is -2.45. The van der Waals surface area contributed by atoms with Crippen molar-refractivity contribution in [1.82, 2.24) is 4.57 Å². The van der Waals surface area contributed by atoms with Crippen LogP contribution in [-0.4, -0.2) is 11.3 Å². The highest BCUT2D eigenvalue weighted by atomic mass is 16.5. The molecule has 0 unspecified atom stereocenters. The van der Waals surface area contributed by atoms with Crippen LogP contribution in [0, 0.1) is 0 Å². The first-order valence-corrected chi connectivity index (χ1v) is 37.5. The summed E-state index contributed by atoms with van der Waals surface area (Å²) < 4.78 is 93.4. The van der Waals surface area contributed by atoms with Crippen LogP contribution in [0.15, 0.2) is 388 Å². The average Bonchev–Trinajstić information content (AvgIpc) is 1.22. The van der Waals surface area contributed by atoms with Gasteiger partial charge in [-0.2, -0.15) is 0 Å². The maximum atomic E-state index is 10.1. The molecule has 0 fully saturated rings. The molecule has 24 rings (SSSR count). The van der Waals surface area contributed by atoms with Crippen LogP contribution in [-0.2, 0) is 10.8 Å². The fraction of sp³-hybridized carbons (Fsp3) is 0.0192. The Morgan fingerprint density at radius 3 is 1.03 bits per heavy atom. The standard InChI is InChI=1S/C104H64BN3O2/c1-3-27-65(28-4-1)67-53-57-94-88(59-67)105-89-60-68(66-29-5-2-6-30-66)54-58-95(89)108(91-46-22-12-32-73(91)70-52-56-87-101(62-70)110-99-50-26-20-44-85(99)104(87)82-41-17-9-35-76(82)77-36-10-18-42-83(77)104)97-64-71(106-92-47-23-13-37-78(92)79-38-14-24-48-93(79)106)63-96(102(97)105)107(94)90-45-21-11-31-72(90)69-51-55-86-100(61-69)109-98-49-25-19-43-84(98)103(86)80-39-15-7-33-74(80)75-34-8-16-40-81(75)103/h1-64H/i13D,14D,23D,24D,37D,38D,47D,48D. The minimum atomic E-state index is -0.719. The molecule has 510 valence electrons. The number of rotatable bonds is 7. The van der Waals surface area contributed by atoms with E-state index in [1.807, 2.05) is 24.3 Å². The summed E-state index contributed by atoms with van der Waals surface area (Å²) in [5.41, 5.74) is 27.9. The summed E-state index contributed by atoms with van der Waals surface area (Å²) in [7, 11) is 0. The molecule has 18 aromatic rings. The summed E-state index contributed by atoms with van der Waals surface area (Å²) in [5.74, 6) is 2.96. The largest absolute Gasteiger partial charge is 0.457 e. The Hall–Kier alpha value is -14.2. The Bertz CT molecular complexity index is 6970. The van der Waals surface area contributed by atoms with Crippen molar-refractivity contribution in [3.63, 3.8) is 0 Å². The SMILES string of the molecule is [2H]c1c([2H])c([2H])c2c(c1[2H])c1c([2H])c([2H])c([2H])c([2H])c1n2-c1cc2c3c(c1)N(c1ccccc1-c1ccc4c(c1)Oc1ccccc1C41c4ccccc4-c4ccccc41)c1ccc(-c4ccccc4)cc1B3c1cc(-c3ccccc3)ccc1N2c1ccccc1-c1ccc2c(c1)Oc1ccccc1C21c2ccccc2-c2ccccc21. The lowest BCUT2D eigenvalue weighted by atomic mass is 9.33. The van der Waals surface area contributed by atoms with Gasteiger partial charge in [0.1, 0.15) is 23.0 Å². The number of hydrogen-bond donors (Lipinski definition) is 0. The lowest BCUT2D eigenvalue weighted by molar-refractivity contribution is 0.436. The molecule has 1 aromatic heterocycles. The third-order valence-electron chi connectivity index (χ3n) is 24.2. The van der Waals surface area contributed by atoms with Crippen molar-refractivity contribution in [2.45, 2.75) is 10.8 Å². The molecule has 0 N–H and O–H groups in total. The topological polar surface area (TPSA) is 29.9 Å². The first kappa shape index (κ1) is 53.6. The molecule has 0 saturated heterocycles. The Morgan fingerprint density at radius 1 is 0.255 bits per heavy atom. The molecule has 2 spiro atoms. The molecule has 0 radical (unpaired) electrons. The summed E-state index contributed by atoms with van der Waals surface area (Å²) in [4.78, 5) is 4.70. The molecule has 2 aliphatic carbocycles. The number of aromatic nitrogens is 1. The Morgan fingerprint density at radius 2 is 0.600 bits per heavy atom. The Balaban J connectivity index is 0.804. The lowest BCUT2D eigenvalue weighted by Crippen LogP contribution is -2.61. The van der Waals surface area contributed by atoms with E-state index in [1.54, 1.807) is 4.57 Å². The number of ether oxygens (including phenoxy) is 2. The molecule has 5 heterocycles. The molecule has 0 saturated carbocycles. The minimum Gasteiger partial charge on any atom is -0.457 e. The summed E-state index contributed by atoms with van der Waals surface area (Å²) >= 11 is 0. The first-order valence-electron chi connectivity index (χ1n) is 41.5. The van der Waals surface area contributed by atoms with Gasteiger partial charge in [-0.05, 0) is 167 Å². The molecule has 17 aromatic carbocycles. The summed E-state index contributed by atoms with van der Waals surface area (Å²) in [6.45, 7) is -0.521. The van der Waals surface area contributed by atoms with Gasteiger partial charge in [0, 0.05) is 66.9 Å². The number of hydrogen-bond acceptors (Lipinski definition) is 4. The van der Waals surface area contributed by atoms with Crippen molar-refractivity contribution < 1.29 is 20.4 Å². The van der Waals surface area contributed by atoms with Crippen LogP contribution >= 0.6 is 0 Å². The fourth-order valence-electron chi connectivity index (χ4n) is 19.8. The van der Waals surface area contributed by atoms with Crippen LogP contribution in [0.2, 0.25) is 0 Å². The van der Waals surface area contributed by atoms with Crippen LogP contribution in [0.5, 0.6) is 23.0 Å². The van der Waals surface area contributed by atoms with Gasteiger partial charge in [0.25, 0.3) is 6.71 Å². The van der Waals surface area contributed by atoms with Crippen molar-refractivity contribution in [2.24, 2.45) is 0 Å². The van der Waals surface area contributed by atoms with Gasteiger partial charge < -0.3 is 23.8 Å². The summed E-state index contributed by atoms with van der Waals surface area (Å²) in [6.07, 6.45) is 0. The van der Waals surface area contributed by atoms with Crippen molar-refractivity contribution in [3.05, 3.63) is 433 Å². The second-order valence-electron chi connectivity index (χ2n) is 29.4. The van der Waals surface area contributed by atoms with E-state index in [-0.39, 0.29) is 21.8 Å². The van der Waals surface area contributed by atoms with E-state index in [4.69, 9.17) is 9.47 Å². The zero-order valence-electron chi connectivity index (χ0n) is 67.1. The first-order chi connectivity index (χ1) is 57.9. The normalized spacial score (nSPS) is 15.1. The molecule has 5 nitrogen and oxygen atoms in total. The number of anilines is 6. The van der Waals surface area contributed by atoms with E-state index in [0.717, 1.165) is 117 Å². The average molecular weight is 1410 g/mol. The number of benzene rings is 17. The number of para-hydroxylation sites is 6. The van der Waals surface area contributed by atoms with Crippen molar-refractivity contribution in [2.75, 3.05) is 9.80 Å². The monoisotopic (exact) mass is 1410 g/mol. The second-order valence-corrected chi connectivity index (χ2v) is 29.4. The van der Waals surface area contributed by atoms with E-state index in [2.05, 4.69) is 325 Å². The fourth-order valence-corrected chi connectivity index (χ4v) is 19.8. The van der Waals surface area contributed by atoms with Gasteiger partial charge in [-0.15, -0.1) is 0 Å². The Labute approximate surface area is 649 Å². The van der Waals surface area contributed by atoms with Crippen molar-refractivity contribution >= 4 is 79.0 Å². The maximum absolute atomic E-state index is 10.1. The van der Waals surface area contributed by atoms with Gasteiger partial charge in [0.05, 0.1) is 49.9 Å². The van der Waals surface area contributed by atoms with Crippen LogP contribution in [0.3, 0.4) is 0 Å². The highest BCUT2D eigenvalue weighted by Gasteiger charge is 2.54. The molecule has 4 aliphatic heterocycles. The molecule has 0 amide bonds. The van der Waals surface area contributed by atoms with Crippen LogP contribution < -0.4 is 35.7 Å². The zero-order chi connectivity index (χ0) is 78.9. The molecule has 0 atom stereocenters. The van der Waals surface area contributed by atoms with Crippen molar-refractivity contribution in [3.8, 4) is 95.4 Å². The van der Waals surface area contributed by atoms with E-state index < -0.39 is 65.9 Å². The minimum absolute atomic E-state index is 0.00449. The van der Waals surface area contributed by atoms with Crippen LogP contribution in [0.1, 0.15) is 55.5 Å². The molecule has 6 heteroatoms. The van der Waals surface area contributed by atoms with Gasteiger partial charge in [0.15, 0.2) is 0 Å². The van der Waals surface area contributed by atoms with E-state index in [0.29, 0.717) is 28.6 Å². The van der Waals surface area contributed by atoms with Crippen LogP contribution in [0.25, 0.3) is 94.3 Å². The molecule has 110 heavy (non-hydrogen) atoms. The molecule has 6 aliphatic rings. The van der Waals surface area contributed by atoms with Gasteiger partial charge >= 0.3 is 0 Å². The van der Waals surface area contributed by atoms with E-state index >= 15 is 0 Å². The van der Waals surface area contributed by atoms with Gasteiger partial charge in [-0.3, -0.25) is 0 Å². The third kappa shape index (κ3) is 8.31. The second kappa shape index (κ2) is 23.2. The van der Waals surface area contributed by atoms with Gasteiger partial charge in [-0.1, -0.05) is 315 Å². The molecular weight excluding hydrogens is 1330 g/mol. The predicted molar refractivity (Wildman–Crippen MR) is 451 cm³/mol. The molecular formula is C104H64BN3O2. The quantitative estimate of drug-likeness (QED) is 0.149. The van der Waals surface area contributed by atoms with E-state index in [9.17, 15) is 11.0 Å². The summed E-state index contributed by atoms with van der Waals surface area (Å²) in [5, 5.41) is -0.0436. The van der Waals surface area contributed by atoms with Crippen molar-refractivity contribution in [1.29, 1.82) is 0 Å². The number of nitrogens with zero attached hydrogens (tertiary/aromatic N) is 3. The summed E-state index contributed by atoms with van der Waals surface area (Å²) in [6, 6.07) is 117. The maximum Gasteiger partial charge on any atom is 0.252 e. The molecule has 0 bridgehead atoms. The smallest absolute Gasteiger partial charge is 0.252 e. The number of fused-ring (bicyclic) bond motifs is 25. The highest BCUT2D eigenvalue weighted by Crippen LogP contribution is 2.65. The Kier molecular flexibility index (Phi) is 11.3. The highest BCUT2D eigenvalue weighted by molar-refractivity contribution is 7.00. The zero-order valence-corrected chi connectivity index (χ0v) is 59.1. The van der Waals surface area contributed by atoms with Crippen LogP contribution in [0.4, 0.5) is 34.1 Å². The van der Waals surface area contributed by atoms with E-state index in [1.165, 1.54) is 44.5 Å². The van der Waals surface area contributed by atoms with Gasteiger partial charge in [0.2, 0.25) is 0 Å². The van der Waals surface area contributed by atoms with Gasteiger partial charge in [-0.25, -0.2) is 0 Å². The third-order valence-corrected chi connectivity index (χ3v) is 24.2. The predicted octanol–water partition coefficient (Wildman–Crippen LogP) is 24.5.